The quantitative estimate of drug-likeness (QED) is 0.715. The van der Waals surface area contributed by atoms with E-state index in [0.29, 0.717) is 6.04 Å². The Morgan fingerprint density at radius 1 is 1.38 bits per heavy atom. The van der Waals surface area contributed by atoms with Gasteiger partial charge in [0.2, 0.25) is 0 Å². The molecule has 0 aliphatic rings. The molecule has 0 saturated heterocycles. The number of hydrogen-bond acceptors (Lipinski definition) is 3. The number of rotatable bonds is 6. The molecule has 0 aliphatic carbocycles. The van der Waals surface area contributed by atoms with E-state index in [1.165, 1.54) is 12.8 Å². The average Bonchev–Trinajstić information content (AvgIpc) is 2.65. The predicted molar refractivity (Wildman–Crippen MR) is 52.4 cm³/mol. The molecule has 13 heavy (non-hydrogen) atoms. The average molecular weight is 182 g/mol. The van der Waals surface area contributed by atoms with E-state index in [-0.39, 0.29) is 0 Å². The molecule has 1 aromatic heterocycles. The molecule has 0 unspecified atom stereocenters. The first-order chi connectivity index (χ1) is 6.36. The van der Waals surface area contributed by atoms with Gasteiger partial charge in [0, 0.05) is 18.8 Å². The summed E-state index contributed by atoms with van der Waals surface area (Å²) in [5, 5.41) is 11.1. The molecule has 0 aliphatic heterocycles. The van der Waals surface area contributed by atoms with Gasteiger partial charge in [0.05, 0.1) is 12.7 Å². The number of nitrogens with zero attached hydrogens (tertiary/aromatic N) is 3. The Morgan fingerprint density at radius 3 is 2.69 bits per heavy atom. The van der Waals surface area contributed by atoms with Crippen molar-refractivity contribution in [3.63, 3.8) is 0 Å². The van der Waals surface area contributed by atoms with E-state index < -0.39 is 0 Å². The van der Waals surface area contributed by atoms with E-state index in [9.17, 15) is 0 Å². The fourth-order valence-electron chi connectivity index (χ4n) is 1.31. The van der Waals surface area contributed by atoms with Crippen molar-refractivity contribution in [3.8, 4) is 0 Å². The van der Waals surface area contributed by atoms with Gasteiger partial charge < -0.3 is 5.32 Å². The molecule has 0 atom stereocenters. The summed E-state index contributed by atoms with van der Waals surface area (Å²) in [6.45, 7) is 6.28. The first kappa shape index (κ1) is 10.2. The molecule has 0 amide bonds. The minimum Gasteiger partial charge on any atom is -0.312 e. The molecule has 4 nitrogen and oxygen atoms in total. The van der Waals surface area contributed by atoms with Crippen LogP contribution < -0.4 is 5.32 Å². The second kappa shape index (κ2) is 5.70. The lowest BCUT2D eigenvalue weighted by molar-refractivity contribution is 0.450. The molecule has 0 aromatic carbocycles. The Labute approximate surface area is 79.3 Å². The first-order valence-electron chi connectivity index (χ1n) is 4.94. The van der Waals surface area contributed by atoms with Crippen LogP contribution >= 0.6 is 0 Å². The molecular formula is C9H18N4. The van der Waals surface area contributed by atoms with Crippen LogP contribution in [0, 0.1) is 0 Å². The maximum atomic E-state index is 3.89. The molecule has 0 saturated carbocycles. The lowest BCUT2D eigenvalue weighted by Gasteiger charge is -2.13. The highest BCUT2D eigenvalue weighted by atomic mass is 15.4. The summed E-state index contributed by atoms with van der Waals surface area (Å²) in [5.41, 5.74) is 0. The van der Waals surface area contributed by atoms with Crippen LogP contribution in [0.5, 0.6) is 0 Å². The van der Waals surface area contributed by atoms with Crippen LogP contribution in [-0.4, -0.2) is 27.6 Å². The highest BCUT2D eigenvalue weighted by Crippen LogP contribution is 1.94. The SMILES string of the molecule is CCC(CC)NCCn1ccnn1. The Bertz CT molecular complexity index is 203. The highest BCUT2D eigenvalue weighted by molar-refractivity contribution is 4.66. The van der Waals surface area contributed by atoms with Gasteiger partial charge in [0.25, 0.3) is 0 Å². The van der Waals surface area contributed by atoms with Crippen LogP contribution in [0.3, 0.4) is 0 Å². The van der Waals surface area contributed by atoms with Crippen molar-refractivity contribution < 1.29 is 0 Å². The Hall–Kier alpha value is -0.900. The van der Waals surface area contributed by atoms with Crippen LogP contribution in [0.25, 0.3) is 0 Å². The molecule has 74 valence electrons. The summed E-state index contributed by atoms with van der Waals surface area (Å²) in [7, 11) is 0. The van der Waals surface area contributed by atoms with Crippen LogP contribution in [0.15, 0.2) is 12.4 Å². The van der Waals surface area contributed by atoms with E-state index in [0.717, 1.165) is 13.1 Å². The third-order valence-electron chi connectivity index (χ3n) is 2.23. The zero-order valence-electron chi connectivity index (χ0n) is 8.40. The second-order valence-corrected chi connectivity index (χ2v) is 3.13. The molecular weight excluding hydrogens is 164 g/mol. The van der Waals surface area contributed by atoms with Crippen LogP contribution in [-0.2, 0) is 6.54 Å². The number of nitrogens with one attached hydrogen (secondary N) is 1. The van der Waals surface area contributed by atoms with Gasteiger partial charge in [0.15, 0.2) is 0 Å². The van der Waals surface area contributed by atoms with Gasteiger partial charge in [-0.3, -0.25) is 4.68 Å². The van der Waals surface area contributed by atoms with Crippen molar-refractivity contribution in [2.75, 3.05) is 6.54 Å². The van der Waals surface area contributed by atoms with Gasteiger partial charge in [-0.1, -0.05) is 19.1 Å². The van der Waals surface area contributed by atoms with Crippen molar-refractivity contribution in [2.24, 2.45) is 0 Å². The van der Waals surface area contributed by atoms with Gasteiger partial charge in [-0.15, -0.1) is 5.10 Å². The van der Waals surface area contributed by atoms with E-state index >= 15 is 0 Å². The second-order valence-electron chi connectivity index (χ2n) is 3.13. The van der Waals surface area contributed by atoms with Crippen molar-refractivity contribution in [1.82, 2.24) is 20.3 Å². The zero-order valence-corrected chi connectivity index (χ0v) is 8.40. The number of aromatic nitrogens is 3. The van der Waals surface area contributed by atoms with Crippen molar-refractivity contribution in [2.45, 2.75) is 39.3 Å². The summed E-state index contributed by atoms with van der Waals surface area (Å²) in [5.74, 6) is 0. The smallest absolute Gasteiger partial charge is 0.0692 e. The van der Waals surface area contributed by atoms with Gasteiger partial charge in [-0.2, -0.15) is 0 Å². The summed E-state index contributed by atoms with van der Waals surface area (Å²) in [4.78, 5) is 0. The first-order valence-corrected chi connectivity index (χ1v) is 4.94. The maximum Gasteiger partial charge on any atom is 0.0692 e. The van der Waals surface area contributed by atoms with E-state index in [2.05, 4.69) is 29.5 Å². The molecule has 0 spiro atoms. The molecule has 0 fully saturated rings. The summed E-state index contributed by atoms with van der Waals surface area (Å²) < 4.78 is 1.84. The van der Waals surface area contributed by atoms with Crippen LogP contribution in [0.4, 0.5) is 0 Å². The third kappa shape index (κ3) is 3.55. The van der Waals surface area contributed by atoms with Crippen LogP contribution in [0.2, 0.25) is 0 Å². The third-order valence-corrected chi connectivity index (χ3v) is 2.23. The maximum absolute atomic E-state index is 3.89. The predicted octanol–water partition coefficient (Wildman–Crippen LogP) is 1.06. The Morgan fingerprint density at radius 2 is 2.15 bits per heavy atom. The van der Waals surface area contributed by atoms with E-state index in [1.807, 2.05) is 10.9 Å². The minimum atomic E-state index is 0.642. The van der Waals surface area contributed by atoms with Crippen molar-refractivity contribution in [1.29, 1.82) is 0 Å². The van der Waals surface area contributed by atoms with Crippen LogP contribution in [0.1, 0.15) is 26.7 Å². The standard InChI is InChI=1S/C9H18N4/c1-3-9(4-2)10-5-7-13-8-6-11-12-13/h6,8-10H,3-5,7H2,1-2H3. The molecule has 0 radical (unpaired) electrons. The number of hydrogen-bond donors (Lipinski definition) is 1. The molecule has 1 rings (SSSR count). The lowest BCUT2D eigenvalue weighted by atomic mass is 10.2. The van der Waals surface area contributed by atoms with E-state index in [1.54, 1.807) is 6.20 Å². The summed E-state index contributed by atoms with van der Waals surface area (Å²) in [6, 6.07) is 0.642. The normalized spacial score (nSPS) is 11.0. The van der Waals surface area contributed by atoms with Gasteiger partial charge in [-0.05, 0) is 12.8 Å². The highest BCUT2D eigenvalue weighted by Gasteiger charge is 2.00. The minimum absolute atomic E-state index is 0.642. The lowest BCUT2D eigenvalue weighted by Crippen LogP contribution is -2.30. The van der Waals surface area contributed by atoms with Crippen molar-refractivity contribution in [3.05, 3.63) is 12.4 Å². The Balaban J connectivity index is 2.13. The fourth-order valence-corrected chi connectivity index (χ4v) is 1.31. The van der Waals surface area contributed by atoms with Gasteiger partial charge >= 0.3 is 0 Å². The molecule has 4 heteroatoms. The largest absolute Gasteiger partial charge is 0.312 e. The molecule has 0 bridgehead atoms. The molecule has 1 aromatic rings. The van der Waals surface area contributed by atoms with Gasteiger partial charge in [0.1, 0.15) is 0 Å². The topological polar surface area (TPSA) is 42.7 Å². The summed E-state index contributed by atoms with van der Waals surface area (Å²) in [6.07, 6.45) is 5.97. The van der Waals surface area contributed by atoms with Gasteiger partial charge in [-0.25, -0.2) is 0 Å². The molecule has 1 heterocycles. The molecule has 1 N–H and O–H groups in total. The zero-order chi connectivity index (χ0) is 9.52. The van der Waals surface area contributed by atoms with Crippen molar-refractivity contribution >= 4 is 0 Å². The summed E-state index contributed by atoms with van der Waals surface area (Å²) >= 11 is 0. The fraction of sp³-hybridized carbons (Fsp3) is 0.778. The monoisotopic (exact) mass is 182 g/mol. The Kier molecular flexibility index (Phi) is 4.46. The van der Waals surface area contributed by atoms with E-state index in [4.69, 9.17) is 0 Å².